The van der Waals surface area contributed by atoms with Crippen LogP contribution in [0, 0.1) is 0 Å². The first-order valence-electron chi connectivity index (χ1n) is 5.81. The van der Waals surface area contributed by atoms with Gasteiger partial charge in [0, 0.05) is 31.2 Å². The molecule has 0 saturated carbocycles. The molecule has 3 atom stereocenters. The summed E-state index contributed by atoms with van der Waals surface area (Å²) in [7, 11) is 0. The molecule has 0 spiro atoms. The molecule has 3 unspecified atom stereocenters. The average Bonchev–Trinajstić information content (AvgIpc) is 2.67. The first kappa shape index (κ1) is 12.4. The van der Waals surface area contributed by atoms with Crippen LogP contribution < -0.4 is 5.32 Å². The molecule has 0 amide bonds. The standard InChI is InChI=1S/C12H19ClN2S/c1-8-6-15(9(2)5-14-8)10(3)11-4-12(13)16-7-11/h4,7-10,14H,5-6H2,1-3H3. The minimum Gasteiger partial charge on any atom is -0.311 e. The maximum absolute atomic E-state index is 6.00. The third-order valence-corrected chi connectivity index (χ3v) is 4.49. The summed E-state index contributed by atoms with van der Waals surface area (Å²) in [4.78, 5) is 2.56. The van der Waals surface area contributed by atoms with Crippen LogP contribution in [0.3, 0.4) is 0 Å². The van der Waals surface area contributed by atoms with Crippen molar-refractivity contribution in [3.8, 4) is 0 Å². The van der Waals surface area contributed by atoms with Crippen LogP contribution in [-0.2, 0) is 0 Å². The summed E-state index contributed by atoms with van der Waals surface area (Å²) in [6.07, 6.45) is 0. The molecule has 90 valence electrons. The molecule has 0 aliphatic carbocycles. The average molecular weight is 259 g/mol. The number of nitrogens with one attached hydrogen (secondary N) is 1. The van der Waals surface area contributed by atoms with Crippen LogP contribution in [0.25, 0.3) is 0 Å². The molecule has 1 aliphatic heterocycles. The highest BCUT2D eigenvalue weighted by Crippen LogP contribution is 2.30. The lowest BCUT2D eigenvalue weighted by Gasteiger charge is -2.41. The fraction of sp³-hybridized carbons (Fsp3) is 0.667. The lowest BCUT2D eigenvalue weighted by atomic mass is 10.0. The minimum absolute atomic E-state index is 0.461. The Balaban J connectivity index is 2.10. The number of halogens is 1. The van der Waals surface area contributed by atoms with E-state index in [1.54, 1.807) is 11.3 Å². The van der Waals surface area contributed by atoms with Gasteiger partial charge in [-0.15, -0.1) is 11.3 Å². The topological polar surface area (TPSA) is 15.3 Å². The molecule has 2 rings (SSSR count). The van der Waals surface area contributed by atoms with Gasteiger partial charge in [-0.25, -0.2) is 0 Å². The molecule has 16 heavy (non-hydrogen) atoms. The Kier molecular flexibility index (Phi) is 3.90. The molecule has 2 nitrogen and oxygen atoms in total. The van der Waals surface area contributed by atoms with E-state index in [9.17, 15) is 0 Å². The summed E-state index contributed by atoms with van der Waals surface area (Å²) in [6, 6.07) is 3.72. The van der Waals surface area contributed by atoms with Gasteiger partial charge in [-0.2, -0.15) is 0 Å². The lowest BCUT2D eigenvalue weighted by Crippen LogP contribution is -2.54. The first-order chi connectivity index (χ1) is 7.58. The monoisotopic (exact) mass is 258 g/mol. The zero-order valence-corrected chi connectivity index (χ0v) is 11.6. The van der Waals surface area contributed by atoms with Crippen molar-refractivity contribution in [3.63, 3.8) is 0 Å². The number of hydrogen-bond donors (Lipinski definition) is 1. The second-order valence-electron chi connectivity index (χ2n) is 4.72. The summed E-state index contributed by atoms with van der Waals surface area (Å²) >= 11 is 7.62. The molecular weight excluding hydrogens is 240 g/mol. The summed E-state index contributed by atoms with van der Waals surface area (Å²) < 4.78 is 0.887. The van der Waals surface area contributed by atoms with E-state index in [4.69, 9.17) is 11.6 Å². The van der Waals surface area contributed by atoms with Gasteiger partial charge in [0.05, 0.1) is 4.34 Å². The molecular formula is C12H19ClN2S. The summed E-state index contributed by atoms with van der Waals surface area (Å²) in [5.74, 6) is 0. The molecule has 0 radical (unpaired) electrons. The van der Waals surface area contributed by atoms with Crippen LogP contribution >= 0.6 is 22.9 Å². The molecule has 1 aliphatic rings. The second kappa shape index (κ2) is 5.05. The van der Waals surface area contributed by atoms with Crippen molar-refractivity contribution in [1.82, 2.24) is 10.2 Å². The number of rotatable bonds is 2. The number of piperazine rings is 1. The Labute approximate surface area is 107 Å². The highest BCUT2D eigenvalue weighted by atomic mass is 35.5. The molecule has 1 fully saturated rings. The zero-order chi connectivity index (χ0) is 11.7. The van der Waals surface area contributed by atoms with E-state index in [1.807, 2.05) is 0 Å². The fourth-order valence-electron chi connectivity index (χ4n) is 2.32. The normalized spacial score (nSPS) is 29.2. The van der Waals surface area contributed by atoms with Gasteiger partial charge in [-0.3, -0.25) is 4.90 Å². The Morgan fingerprint density at radius 3 is 2.94 bits per heavy atom. The maximum atomic E-state index is 6.00. The van der Waals surface area contributed by atoms with Gasteiger partial charge >= 0.3 is 0 Å². The third kappa shape index (κ3) is 2.59. The fourth-order valence-corrected chi connectivity index (χ4v) is 3.30. The number of hydrogen-bond acceptors (Lipinski definition) is 3. The van der Waals surface area contributed by atoms with Gasteiger partial charge in [-0.05, 0) is 37.8 Å². The Morgan fingerprint density at radius 2 is 2.31 bits per heavy atom. The lowest BCUT2D eigenvalue weighted by molar-refractivity contribution is 0.104. The van der Waals surface area contributed by atoms with Gasteiger partial charge in [0.1, 0.15) is 0 Å². The van der Waals surface area contributed by atoms with E-state index in [1.165, 1.54) is 5.56 Å². The van der Waals surface area contributed by atoms with E-state index in [0.717, 1.165) is 17.4 Å². The molecule has 1 N–H and O–H groups in total. The van der Waals surface area contributed by atoms with E-state index in [2.05, 4.69) is 42.4 Å². The molecule has 0 bridgehead atoms. The number of thiophene rings is 1. The molecule has 1 saturated heterocycles. The van der Waals surface area contributed by atoms with Crippen molar-refractivity contribution in [1.29, 1.82) is 0 Å². The van der Waals surface area contributed by atoms with Crippen molar-refractivity contribution < 1.29 is 0 Å². The van der Waals surface area contributed by atoms with Crippen LogP contribution in [-0.4, -0.2) is 30.1 Å². The van der Waals surface area contributed by atoms with Crippen molar-refractivity contribution in [2.45, 2.75) is 38.9 Å². The van der Waals surface area contributed by atoms with Crippen LogP contribution in [0.15, 0.2) is 11.4 Å². The zero-order valence-electron chi connectivity index (χ0n) is 10.0. The van der Waals surface area contributed by atoms with Crippen molar-refractivity contribution in [2.75, 3.05) is 13.1 Å². The van der Waals surface area contributed by atoms with Crippen molar-refractivity contribution >= 4 is 22.9 Å². The molecule has 1 aromatic rings. The Bertz CT molecular complexity index is 353. The minimum atomic E-state index is 0.461. The summed E-state index contributed by atoms with van der Waals surface area (Å²) in [6.45, 7) is 8.97. The highest BCUT2D eigenvalue weighted by molar-refractivity contribution is 7.14. The predicted octanol–water partition coefficient (Wildman–Crippen LogP) is 3.14. The van der Waals surface area contributed by atoms with Crippen LogP contribution in [0.4, 0.5) is 0 Å². The quantitative estimate of drug-likeness (QED) is 0.877. The summed E-state index contributed by atoms with van der Waals surface area (Å²) in [5, 5.41) is 5.68. The molecule has 4 heteroatoms. The maximum Gasteiger partial charge on any atom is 0.0931 e. The van der Waals surface area contributed by atoms with Crippen molar-refractivity contribution in [3.05, 3.63) is 21.3 Å². The molecule has 1 aromatic heterocycles. The van der Waals surface area contributed by atoms with E-state index in [-0.39, 0.29) is 0 Å². The molecule has 2 heterocycles. The van der Waals surface area contributed by atoms with Gasteiger partial charge in [0.2, 0.25) is 0 Å². The third-order valence-electron chi connectivity index (χ3n) is 3.38. The largest absolute Gasteiger partial charge is 0.311 e. The second-order valence-corrected chi connectivity index (χ2v) is 6.26. The van der Waals surface area contributed by atoms with Gasteiger partial charge in [0.15, 0.2) is 0 Å². The van der Waals surface area contributed by atoms with Gasteiger partial charge in [-0.1, -0.05) is 11.6 Å². The van der Waals surface area contributed by atoms with E-state index in [0.29, 0.717) is 18.1 Å². The van der Waals surface area contributed by atoms with Crippen molar-refractivity contribution in [2.24, 2.45) is 0 Å². The van der Waals surface area contributed by atoms with E-state index < -0.39 is 0 Å². The highest BCUT2D eigenvalue weighted by Gasteiger charge is 2.27. The SMILES string of the molecule is CC1CN(C(C)c2csc(Cl)c2)C(C)CN1. The Hall–Kier alpha value is -0.0900. The smallest absolute Gasteiger partial charge is 0.0931 e. The Morgan fingerprint density at radius 1 is 1.56 bits per heavy atom. The number of nitrogens with zero attached hydrogens (tertiary/aromatic N) is 1. The predicted molar refractivity (Wildman–Crippen MR) is 71.4 cm³/mol. The van der Waals surface area contributed by atoms with Gasteiger partial charge in [0.25, 0.3) is 0 Å². The van der Waals surface area contributed by atoms with Crippen LogP contribution in [0.5, 0.6) is 0 Å². The summed E-state index contributed by atoms with van der Waals surface area (Å²) in [5.41, 5.74) is 1.34. The van der Waals surface area contributed by atoms with E-state index >= 15 is 0 Å². The van der Waals surface area contributed by atoms with Crippen LogP contribution in [0.1, 0.15) is 32.4 Å². The molecule has 0 aromatic carbocycles. The van der Waals surface area contributed by atoms with Gasteiger partial charge < -0.3 is 5.32 Å². The van der Waals surface area contributed by atoms with Crippen LogP contribution in [0.2, 0.25) is 4.34 Å². The first-order valence-corrected chi connectivity index (χ1v) is 7.06.